The molecule has 0 aromatic heterocycles. The number of halogens is 1. The number of sulfonamides is 1. The number of benzene rings is 2. The van der Waals surface area contributed by atoms with Gasteiger partial charge in [-0.25, -0.2) is 12.8 Å². The first kappa shape index (κ1) is 18.5. The highest BCUT2D eigenvalue weighted by atomic mass is 32.2. The van der Waals surface area contributed by atoms with Gasteiger partial charge >= 0.3 is 0 Å². The van der Waals surface area contributed by atoms with Gasteiger partial charge in [-0.2, -0.15) is 4.31 Å². The van der Waals surface area contributed by atoms with Crippen LogP contribution in [-0.4, -0.2) is 49.7 Å². The summed E-state index contributed by atoms with van der Waals surface area (Å²) in [6.45, 7) is 2.85. The third kappa shape index (κ3) is 4.11. The van der Waals surface area contributed by atoms with Crippen molar-refractivity contribution in [2.75, 3.05) is 26.2 Å². The predicted molar refractivity (Wildman–Crippen MR) is 97.7 cm³/mol. The molecule has 0 radical (unpaired) electrons. The Morgan fingerprint density at radius 1 is 1.04 bits per heavy atom. The van der Waals surface area contributed by atoms with Crippen LogP contribution in [0.2, 0.25) is 0 Å². The minimum atomic E-state index is -3.45. The lowest BCUT2D eigenvalue weighted by molar-refractivity contribution is 0.0693. The van der Waals surface area contributed by atoms with Gasteiger partial charge in [0.2, 0.25) is 10.0 Å². The van der Waals surface area contributed by atoms with Crippen molar-refractivity contribution in [3.8, 4) is 0 Å². The van der Waals surface area contributed by atoms with E-state index in [1.807, 2.05) is 25.1 Å². The number of hydrogen-bond acceptors (Lipinski definition) is 3. The van der Waals surface area contributed by atoms with E-state index in [1.165, 1.54) is 27.4 Å². The van der Waals surface area contributed by atoms with E-state index in [9.17, 15) is 17.6 Å². The summed E-state index contributed by atoms with van der Waals surface area (Å²) in [5.74, 6) is -1.03. The molecule has 26 heavy (non-hydrogen) atoms. The molecule has 0 unspecified atom stereocenters. The molecule has 0 bridgehead atoms. The lowest BCUT2D eigenvalue weighted by atomic mass is 10.1. The number of carbonyl (C=O) groups excluding carboxylic acids is 1. The summed E-state index contributed by atoms with van der Waals surface area (Å²) in [5.41, 5.74) is 1.77. The molecular weight excluding hydrogens is 355 g/mol. The summed E-state index contributed by atoms with van der Waals surface area (Å²) < 4.78 is 40.4. The van der Waals surface area contributed by atoms with Gasteiger partial charge in [0.25, 0.3) is 5.91 Å². The second-order valence-corrected chi connectivity index (χ2v) is 8.39. The van der Waals surface area contributed by atoms with Crippen LogP contribution in [0.25, 0.3) is 0 Å². The third-order valence-corrected chi connectivity index (χ3v) is 6.31. The van der Waals surface area contributed by atoms with Crippen LogP contribution in [0.5, 0.6) is 0 Å². The van der Waals surface area contributed by atoms with Crippen LogP contribution < -0.4 is 0 Å². The van der Waals surface area contributed by atoms with Crippen molar-refractivity contribution in [2.45, 2.75) is 12.7 Å². The Hall–Kier alpha value is -2.25. The lowest BCUT2D eigenvalue weighted by Crippen LogP contribution is -2.50. The molecule has 5 nitrogen and oxygen atoms in total. The summed E-state index contributed by atoms with van der Waals surface area (Å²) in [4.78, 5) is 13.9. The van der Waals surface area contributed by atoms with Crippen LogP contribution in [0.15, 0.2) is 48.5 Å². The molecular formula is C19H21FN2O3S. The second-order valence-electron chi connectivity index (χ2n) is 6.42. The largest absolute Gasteiger partial charge is 0.336 e. The van der Waals surface area contributed by atoms with Crippen molar-refractivity contribution in [3.63, 3.8) is 0 Å². The predicted octanol–water partition coefficient (Wildman–Crippen LogP) is 2.42. The maximum atomic E-state index is 13.8. The summed E-state index contributed by atoms with van der Waals surface area (Å²) in [7, 11) is -3.45. The van der Waals surface area contributed by atoms with Gasteiger partial charge in [0.05, 0.1) is 11.3 Å². The van der Waals surface area contributed by atoms with Gasteiger partial charge in [0, 0.05) is 26.2 Å². The van der Waals surface area contributed by atoms with Crippen LogP contribution in [0, 0.1) is 12.7 Å². The van der Waals surface area contributed by atoms with Crippen LogP contribution in [-0.2, 0) is 15.8 Å². The molecule has 0 N–H and O–H groups in total. The van der Waals surface area contributed by atoms with E-state index in [0.717, 1.165) is 11.1 Å². The van der Waals surface area contributed by atoms with Crippen molar-refractivity contribution in [3.05, 3.63) is 71.0 Å². The van der Waals surface area contributed by atoms with Gasteiger partial charge < -0.3 is 4.90 Å². The molecule has 1 fully saturated rings. The number of hydrogen-bond donors (Lipinski definition) is 0. The first-order valence-electron chi connectivity index (χ1n) is 8.44. The van der Waals surface area contributed by atoms with Crippen molar-refractivity contribution >= 4 is 15.9 Å². The van der Waals surface area contributed by atoms with Crippen LogP contribution in [0.4, 0.5) is 4.39 Å². The fourth-order valence-corrected chi connectivity index (χ4v) is 4.58. The third-order valence-electron chi connectivity index (χ3n) is 4.46. The highest BCUT2D eigenvalue weighted by molar-refractivity contribution is 7.88. The van der Waals surface area contributed by atoms with E-state index in [2.05, 4.69) is 0 Å². The number of amides is 1. The number of piperazine rings is 1. The van der Waals surface area contributed by atoms with E-state index in [-0.39, 0.29) is 37.5 Å². The minimum absolute atomic E-state index is 0.0172. The average molecular weight is 376 g/mol. The average Bonchev–Trinajstić information content (AvgIpc) is 2.61. The highest BCUT2D eigenvalue weighted by Crippen LogP contribution is 2.17. The summed E-state index contributed by atoms with van der Waals surface area (Å²) >= 11 is 0. The molecule has 7 heteroatoms. The van der Waals surface area contributed by atoms with Crippen LogP contribution in [0.1, 0.15) is 21.5 Å². The van der Waals surface area contributed by atoms with Crippen LogP contribution in [0.3, 0.4) is 0 Å². The number of carbonyl (C=O) groups is 1. The van der Waals surface area contributed by atoms with Gasteiger partial charge in [-0.15, -0.1) is 0 Å². The van der Waals surface area contributed by atoms with E-state index in [0.29, 0.717) is 0 Å². The fraction of sp³-hybridized carbons (Fsp3) is 0.316. The maximum Gasteiger partial charge on any atom is 0.256 e. The van der Waals surface area contributed by atoms with Crippen molar-refractivity contribution in [1.29, 1.82) is 0 Å². The Kier molecular flexibility index (Phi) is 5.38. The highest BCUT2D eigenvalue weighted by Gasteiger charge is 2.30. The van der Waals surface area contributed by atoms with Crippen LogP contribution >= 0.6 is 0 Å². The number of aryl methyl sites for hydroxylation is 1. The molecule has 1 aliphatic rings. The SMILES string of the molecule is Cc1cccc(CS(=O)(=O)N2CCN(C(=O)c3ccccc3F)CC2)c1. The normalized spacial score (nSPS) is 15.8. The smallest absolute Gasteiger partial charge is 0.256 e. The number of nitrogens with zero attached hydrogens (tertiary/aromatic N) is 2. The van der Waals surface area contributed by atoms with E-state index in [1.54, 1.807) is 12.1 Å². The standard InChI is InChI=1S/C19H21FN2O3S/c1-15-5-4-6-16(13-15)14-26(24,25)22-11-9-21(10-12-22)19(23)17-7-2-3-8-18(17)20/h2-8,13H,9-12,14H2,1H3. The quantitative estimate of drug-likeness (QED) is 0.823. The zero-order valence-electron chi connectivity index (χ0n) is 14.6. The molecule has 0 spiro atoms. The summed E-state index contributed by atoms with van der Waals surface area (Å²) in [5, 5.41) is 0. The second kappa shape index (κ2) is 7.55. The Morgan fingerprint density at radius 2 is 1.73 bits per heavy atom. The molecule has 1 saturated heterocycles. The summed E-state index contributed by atoms with van der Waals surface area (Å²) in [6.07, 6.45) is 0. The molecule has 2 aromatic rings. The van der Waals surface area contributed by atoms with E-state index < -0.39 is 21.7 Å². The maximum absolute atomic E-state index is 13.8. The Morgan fingerprint density at radius 3 is 2.38 bits per heavy atom. The first-order chi connectivity index (χ1) is 12.4. The van der Waals surface area contributed by atoms with Gasteiger partial charge in [-0.3, -0.25) is 4.79 Å². The molecule has 1 amide bonds. The van der Waals surface area contributed by atoms with Gasteiger partial charge in [-0.05, 0) is 24.6 Å². The first-order valence-corrected chi connectivity index (χ1v) is 10.0. The van der Waals surface area contributed by atoms with Crippen molar-refractivity contribution in [1.82, 2.24) is 9.21 Å². The minimum Gasteiger partial charge on any atom is -0.336 e. The van der Waals surface area contributed by atoms with Gasteiger partial charge in [-0.1, -0.05) is 42.0 Å². The van der Waals surface area contributed by atoms with E-state index in [4.69, 9.17) is 0 Å². The molecule has 1 heterocycles. The summed E-state index contributed by atoms with van der Waals surface area (Å²) in [6, 6.07) is 13.2. The molecule has 138 valence electrons. The molecule has 2 aromatic carbocycles. The Bertz CT molecular complexity index is 907. The van der Waals surface area contributed by atoms with Crippen molar-refractivity contribution in [2.24, 2.45) is 0 Å². The van der Waals surface area contributed by atoms with E-state index >= 15 is 0 Å². The zero-order chi connectivity index (χ0) is 18.7. The molecule has 1 aliphatic heterocycles. The van der Waals surface area contributed by atoms with Gasteiger partial charge in [0.1, 0.15) is 5.82 Å². The zero-order valence-corrected chi connectivity index (χ0v) is 15.4. The van der Waals surface area contributed by atoms with Crippen molar-refractivity contribution < 1.29 is 17.6 Å². The Labute approximate surface area is 153 Å². The number of rotatable bonds is 4. The lowest BCUT2D eigenvalue weighted by Gasteiger charge is -2.34. The molecule has 0 aliphatic carbocycles. The molecule has 0 saturated carbocycles. The fourth-order valence-electron chi connectivity index (χ4n) is 3.08. The van der Waals surface area contributed by atoms with Gasteiger partial charge in [0.15, 0.2) is 0 Å². The molecule has 0 atom stereocenters. The monoisotopic (exact) mass is 376 g/mol. The Balaban J connectivity index is 1.64. The molecule has 3 rings (SSSR count). The topological polar surface area (TPSA) is 57.7 Å².